The summed E-state index contributed by atoms with van der Waals surface area (Å²) >= 11 is 0. The van der Waals surface area contributed by atoms with E-state index in [1.807, 2.05) is 36.6 Å². The SMILES string of the molecule is Cc1nn(C)c2c1CC(C)c1[nH]nc3ccc(cc13)-c1cnn(C)c1COCCO2. The molecule has 1 aromatic carbocycles. The second-order valence-electron chi connectivity index (χ2n) is 8.00. The van der Waals surface area contributed by atoms with Crippen LogP contribution in [0.3, 0.4) is 0 Å². The fourth-order valence-electron chi connectivity index (χ4n) is 4.32. The van der Waals surface area contributed by atoms with Crippen LogP contribution in [0, 0.1) is 6.92 Å². The Kier molecular flexibility index (Phi) is 4.58. The molecule has 8 nitrogen and oxygen atoms in total. The van der Waals surface area contributed by atoms with Gasteiger partial charge in [-0.3, -0.25) is 9.78 Å². The molecule has 4 heterocycles. The van der Waals surface area contributed by atoms with Crippen molar-refractivity contribution in [1.29, 1.82) is 0 Å². The van der Waals surface area contributed by atoms with Crippen molar-refractivity contribution in [1.82, 2.24) is 29.8 Å². The van der Waals surface area contributed by atoms with Crippen molar-refractivity contribution < 1.29 is 9.47 Å². The second kappa shape index (κ2) is 7.28. The van der Waals surface area contributed by atoms with E-state index in [2.05, 4.69) is 45.5 Å². The van der Waals surface area contributed by atoms with Gasteiger partial charge < -0.3 is 9.47 Å². The monoisotopic (exact) mass is 406 g/mol. The first-order valence-electron chi connectivity index (χ1n) is 10.2. The first-order chi connectivity index (χ1) is 14.5. The van der Waals surface area contributed by atoms with Gasteiger partial charge in [0.15, 0.2) is 0 Å². The lowest BCUT2D eigenvalue weighted by Gasteiger charge is -2.13. The van der Waals surface area contributed by atoms with Crippen molar-refractivity contribution in [3.05, 3.63) is 47.0 Å². The molecule has 1 N–H and O–H groups in total. The maximum Gasteiger partial charge on any atom is 0.215 e. The molecule has 0 saturated heterocycles. The van der Waals surface area contributed by atoms with Gasteiger partial charge >= 0.3 is 0 Å². The summed E-state index contributed by atoms with van der Waals surface area (Å²) in [5.74, 6) is 1.04. The van der Waals surface area contributed by atoms with Gasteiger partial charge in [0.1, 0.15) is 6.61 Å². The quantitative estimate of drug-likeness (QED) is 0.485. The molecule has 3 aromatic heterocycles. The molecule has 1 atom stereocenters. The molecule has 8 heteroatoms. The van der Waals surface area contributed by atoms with Crippen LogP contribution in [0.25, 0.3) is 22.0 Å². The number of hydrogen-bond acceptors (Lipinski definition) is 5. The Bertz CT molecular complexity index is 1220. The minimum Gasteiger partial charge on any atom is -0.475 e. The van der Waals surface area contributed by atoms with Crippen LogP contribution in [0.5, 0.6) is 5.88 Å². The Morgan fingerprint density at radius 2 is 2.03 bits per heavy atom. The van der Waals surface area contributed by atoms with Gasteiger partial charge in [-0.05, 0) is 31.0 Å². The fourth-order valence-corrected chi connectivity index (χ4v) is 4.32. The summed E-state index contributed by atoms with van der Waals surface area (Å²) in [5.41, 5.74) is 7.45. The molecule has 0 fully saturated rings. The second-order valence-corrected chi connectivity index (χ2v) is 8.00. The maximum absolute atomic E-state index is 6.09. The number of aromatic amines is 1. The Labute approximate surface area is 174 Å². The number of H-pyrrole nitrogens is 1. The van der Waals surface area contributed by atoms with Crippen molar-refractivity contribution >= 4 is 10.9 Å². The molecule has 2 bridgehead atoms. The van der Waals surface area contributed by atoms with E-state index in [1.165, 1.54) is 0 Å². The minimum absolute atomic E-state index is 0.227. The fraction of sp³-hybridized carbons (Fsp3) is 0.409. The van der Waals surface area contributed by atoms with Gasteiger partial charge in [0.2, 0.25) is 5.88 Å². The lowest BCUT2D eigenvalue weighted by atomic mass is 9.94. The largest absolute Gasteiger partial charge is 0.475 e. The van der Waals surface area contributed by atoms with Crippen molar-refractivity contribution in [2.75, 3.05) is 13.2 Å². The van der Waals surface area contributed by atoms with Crippen molar-refractivity contribution in [3.8, 4) is 17.0 Å². The van der Waals surface area contributed by atoms with Crippen LogP contribution in [0.15, 0.2) is 24.4 Å². The van der Waals surface area contributed by atoms with Crippen LogP contribution in [0.4, 0.5) is 0 Å². The van der Waals surface area contributed by atoms with E-state index in [1.54, 1.807) is 0 Å². The Balaban J connectivity index is 1.64. The van der Waals surface area contributed by atoms with Crippen molar-refractivity contribution in [2.45, 2.75) is 32.8 Å². The van der Waals surface area contributed by atoms with E-state index in [4.69, 9.17) is 9.47 Å². The van der Waals surface area contributed by atoms with Crippen molar-refractivity contribution in [2.24, 2.45) is 14.1 Å². The molecule has 0 aliphatic carbocycles. The van der Waals surface area contributed by atoms with Gasteiger partial charge in [0, 0.05) is 42.2 Å². The molecule has 4 aromatic rings. The maximum atomic E-state index is 6.09. The first kappa shape index (κ1) is 18.9. The van der Waals surface area contributed by atoms with Crippen LogP contribution < -0.4 is 4.74 Å². The zero-order valence-electron chi connectivity index (χ0n) is 17.8. The third-order valence-corrected chi connectivity index (χ3v) is 5.95. The normalized spacial score (nSPS) is 17.3. The van der Waals surface area contributed by atoms with Crippen LogP contribution in [-0.4, -0.2) is 43.0 Å². The van der Waals surface area contributed by atoms with Gasteiger partial charge in [-0.25, -0.2) is 4.68 Å². The van der Waals surface area contributed by atoms with E-state index >= 15 is 0 Å². The van der Waals surface area contributed by atoms with Gasteiger partial charge in [-0.1, -0.05) is 13.0 Å². The van der Waals surface area contributed by atoms with Gasteiger partial charge in [-0.15, -0.1) is 0 Å². The molecule has 0 spiro atoms. The number of aromatic nitrogens is 6. The highest BCUT2D eigenvalue weighted by Crippen LogP contribution is 2.34. The summed E-state index contributed by atoms with van der Waals surface area (Å²) in [7, 11) is 3.87. The number of benzene rings is 1. The van der Waals surface area contributed by atoms with Crippen LogP contribution in [0.1, 0.15) is 35.5 Å². The molecule has 156 valence electrons. The third-order valence-electron chi connectivity index (χ3n) is 5.95. The summed E-state index contributed by atoms with van der Waals surface area (Å²) in [6.07, 6.45) is 2.72. The minimum atomic E-state index is 0.227. The predicted octanol–water partition coefficient (Wildman–Crippen LogP) is 3.26. The zero-order valence-corrected chi connectivity index (χ0v) is 17.8. The van der Waals surface area contributed by atoms with E-state index < -0.39 is 0 Å². The van der Waals surface area contributed by atoms with E-state index in [-0.39, 0.29) is 5.92 Å². The number of nitrogens with zero attached hydrogens (tertiary/aromatic N) is 5. The van der Waals surface area contributed by atoms with Gasteiger partial charge in [-0.2, -0.15) is 15.3 Å². The van der Waals surface area contributed by atoms with E-state index in [9.17, 15) is 0 Å². The summed E-state index contributed by atoms with van der Waals surface area (Å²) in [4.78, 5) is 0. The smallest absolute Gasteiger partial charge is 0.215 e. The summed E-state index contributed by atoms with van der Waals surface area (Å²) in [6.45, 7) is 5.68. The molecule has 0 radical (unpaired) electrons. The standard InChI is InChI=1S/C22H26N6O2/c1-13-9-16-14(2)26-28(4)22(16)30-8-7-29-12-20-18(11-23-27(20)3)15-5-6-19-17(10-15)21(13)25-24-19/h5-6,10-11,13H,7-9,12H2,1-4H3,(H,24,25). The molecular formula is C22H26N6O2. The Hall–Kier alpha value is -3.13. The van der Waals surface area contributed by atoms with Crippen LogP contribution in [0.2, 0.25) is 0 Å². The lowest BCUT2D eigenvalue weighted by Crippen LogP contribution is -2.12. The number of fused-ring (bicyclic) bond motifs is 4. The number of ether oxygens (including phenoxy) is 2. The summed E-state index contributed by atoms with van der Waals surface area (Å²) in [6, 6.07) is 6.37. The lowest BCUT2D eigenvalue weighted by molar-refractivity contribution is 0.0823. The highest BCUT2D eigenvalue weighted by atomic mass is 16.5. The van der Waals surface area contributed by atoms with E-state index in [0.29, 0.717) is 19.8 Å². The molecule has 30 heavy (non-hydrogen) atoms. The van der Waals surface area contributed by atoms with Crippen LogP contribution in [-0.2, 0) is 31.9 Å². The topological polar surface area (TPSA) is 82.8 Å². The molecule has 5 rings (SSSR count). The molecule has 1 aliphatic heterocycles. The predicted molar refractivity (Wildman–Crippen MR) is 114 cm³/mol. The molecule has 0 amide bonds. The average Bonchev–Trinajstić information content (AvgIpc) is 3.38. The highest BCUT2D eigenvalue weighted by Gasteiger charge is 2.22. The van der Waals surface area contributed by atoms with Gasteiger partial charge in [0.25, 0.3) is 0 Å². The first-order valence-corrected chi connectivity index (χ1v) is 10.2. The Morgan fingerprint density at radius 3 is 2.90 bits per heavy atom. The summed E-state index contributed by atoms with van der Waals surface area (Å²) in [5, 5.41) is 18.0. The zero-order chi connectivity index (χ0) is 20.8. The number of rotatable bonds is 0. The average molecular weight is 406 g/mol. The number of hydrogen-bond donors (Lipinski definition) is 1. The van der Waals surface area contributed by atoms with Gasteiger partial charge in [0.05, 0.1) is 36.3 Å². The van der Waals surface area contributed by atoms with Crippen LogP contribution >= 0.6 is 0 Å². The molecule has 1 aliphatic rings. The molecule has 0 saturated carbocycles. The van der Waals surface area contributed by atoms with E-state index in [0.717, 1.165) is 57.0 Å². The molecule has 1 unspecified atom stereocenters. The highest BCUT2D eigenvalue weighted by molar-refractivity contribution is 5.87. The summed E-state index contributed by atoms with van der Waals surface area (Å²) < 4.78 is 15.7. The Morgan fingerprint density at radius 1 is 1.17 bits per heavy atom. The number of nitrogens with one attached hydrogen (secondary N) is 1. The molecular weight excluding hydrogens is 380 g/mol. The number of aryl methyl sites for hydroxylation is 3. The van der Waals surface area contributed by atoms with Crippen molar-refractivity contribution in [3.63, 3.8) is 0 Å². The third kappa shape index (κ3) is 3.08.